The van der Waals surface area contributed by atoms with Crippen molar-refractivity contribution in [3.8, 4) is 11.4 Å². The van der Waals surface area contributed by atoms with E-state index in [1.54, 1.807) is 12.3 Å². The fourth-order valence-corrected chi connectivity index (χ4v) is 2.32. The Labute approximate surface area is 104 Å². The summed E-state index contributed by atoms with van der Waals surface area (Å²) < 4.78 is 15.7. The van der Waals surface area contributed by atoms with Gasteiger partial charge < -0.3 is 9.88 Å². The first kappa shape index (κ1) is 11.3. The molecular formula is C12H14FN5. The Morgan fingerprint density at radius 1 is 1.50 bits per heavy atom. The van der Waals surface area contributed by atoms with Crippen LogP contribution in [0.2, 0.25) is 0 Å². The highest BCUT2D eigenvalue weighted by Crippen LogP contribution is 2.26. The summed E-state index contributed by atoms with van der Waals surface area (Å²) in [7, 11) is 0. The van der Waals surface area contributed by atoms with Crippen LogP contribution in [0.1, 0.15) is 25.2 Å². The number of aromatic nitrogens is 4. The number of nitrogens with zero attached hydrogens (tertiary/aromatic N) is 4. The zero-order chi connectivity index (χ0) is 12.5. The second kappa shape index (κ2) is 4.45. The summed E-state index contributed by atoms with van der Waals surface area (Å²) >= 11 is 0. The van der Waals surface area contributed by atoms with Gasteiger partial charge in [0.25, 0.3) is 0 Å². The first-order valence-electron chi connectivity index (χ1n) is 6.07. The number of nitrogens with one attached hydrogen (secondary N) is 1. The van der Waals surface area contributed by atoms with Gasteiger partial charge >= 0.3 is 0 Å². The molecule has 0 radical (unpaired) electrons. The lowest BCUT2D eigenvalue weighted by Gasteiger charge is -2.24. The van der Waals surface area contributed by atoms with Gasteiger partial charge in [-0.25, -0.2) is 4.39 Å². The fraction of sp³-hybridized carbons (Fsp3) is 0.417. The molecule has 1 N–H and O–H groups in total. The van der Waals surface area contributed by atoms with Gasteiger partial charge in [-0.15, -0.1) is 10.2 Å². The third kappa shape index (κ3) is 1.69. The lowest BCUT2D eigenvalue weighted by Crippen LogP contribution is -2.33. The Morgan fingerprint density at radius 2 is 2.39 bits per heavy atom. The zero-order valence-corrected chi connectivity index (χ0v) is 10.1. The van der Waals surface area contributed by atoms with E-state index in [4.69, 9.17) is 0 Å². The molecule has 94 valence electrons. The normalized spacial score (nSPS) is 18.7. The maximum absolute atomic E-state index is 13.7. The van der Waals surface area contributed by atoms with Crippen molar-refractivity contribution in [1.29, 1.82) is 0 Å². The molecule has 0 saturated carbocycles. The van der Waals surface area contributed by atoms with Gasteiger partial charge in [-0.3, -0.25) is 4.98 Å². The molecule has 1 aliphatic heterocycles. The number of halogens is 1. The minimum atomic E-state index is -0.362. The minimum Gasteiger partial charge on any atom is -0.308 e. The Hall–Kier alpha value is -1.82. The first-order chi connectivity index (χ1) is 8.81. The summed E-state index contributed by atoms with van der Waals surface area (Å²) in [6, 6.07) is 1.83. The maximum atomic E-state index is 13.7. The average Bonchev–Trinajstić information content (AvgIpc) is 2.83. The number of pyridine rings is 1. The van der Waals surface area contributed by atoms with Gasteiger partial charge in [-0.05, 0) is 12.5 Å². The van der Waals surface area contributed by atoms with E-state index >= 15 is 0 Å². The van der Waals surface area contributed by atoms with E-state index < -0.39 is 0 Å². The SMILES string of the molecule is CCC1NCCn2c(-c3ccncc3F)nnc21. The summed E-state index contributed by atoms with van der Waals surface area (Å²) in [5, 5.41) is 11.7. The van der Waals surface area contributed by atoms with Crippen LogP contribution in [0.4, 0.5) is 4.39 Å². The molecule has 6 heteroatoms. The minimum absolute atomic E-state index is 0.199. The molecule has 3 heterocycles. The van der Waals surface area contributed by atoms with E-state index in [2.05, 4.69) is 27.4 Å². The van der Waals surface area contributed by atoms with Crippen molar-refractivity contribution in [2.45, 2.75) is 25.9 Å². The fourth-order valence-electron chi connectivity index (χ4n) is 2.32. The van der Waals surface area contributed by atoms with Crippen LogP contribution in [0.5, 0.6) is 0 Å². The lowest BCUT2D eigenvalue weighted by atomic mass is 10.1. The maximum Gasteiger partial charge on any atom is 0.167 e. The molecule has 1 aliphatic rings. The van der Waals surface area contributed by atoms with Crippen LogP contribution in [0.25, 0.3) is 11.4 Å². The number of hydrogen-bond acceptors (Lipinski definition) is 4. The van der Waals surface area contributed by atoms with Crippen LogP contribution in [0.3, 0.4) is 0 Å². The standard InChI is InChI=1S/C12H14FN5/c1-2-10-12-17-16-11(18(12)6-5-15-10)8-3-4-14-7-9(8)13/h3-4,7,10,15H,2,5-6H2,1H3. The molecule has 0 saturated heterocycles. The van der Waals surface area contributed by atoms with E-state index in [0.29, 0.717) is 11.4 Å². The van der Waals surface area contributed by atoms with Crippen LogP contribution >= 0.6 is 0 Å². The number of fused-ring (bicyclic) bond motifs is 1. The second-order valence-corrected chi connectivity index (χ2v) is 4.30. The van der Waals surface area contributed by atoms with Gasteiger partial charge in [0.1, 0.15) is 0 Å². The first-order valence-corrected chi connectivity index (χ1v) is 6.07. The van der Waals surface area contributed by atoms with Crippen LogP contribution in [-0.2, 0) is 6.54 Å². The smallest absolute Gasteiger partial charge is 0.167 e. The van der Waals surface area contributed by atoms with Gasteiger partial charge in [0.05, 0.1) is 17.8 Å². The van der Waals surface area contributed by atoms with Crippen molar-refractivity contribution in [1.82, 2.24) is 25.1 Å². The van der Waals surface area contributed by atoms with Crippen molar-refractivity contribution >= 4 is 0 Å². The predicted molar refractivity (Wildman–Crippen MR) is 64.2 cm³/mol. The Kier molecular flexibility index (Phi) is 2.79. The molecule has 0 aromatic carbocycles. The topological polar surface area (TPSA) is 55.6 Å². The Balaban J connectivity index is 2.10. The summed E-state index contributed by atoms with van der Waals surface area (Å²) in [4.78, 5) is 3.75. The third-order valence-electron chi connectivity index (χ3n) is 3.24. The molecule has 0 aliphatic carbocycles. The van der Waals surface area contributed by atoms with Crippen LogP contribution in [-0.4, -0.2) is 26.3 Å². The molecule has 5 nitrogen and oxygen atoms in total. The van der Waals surface area contributed by atoms with Crippen molar-refractivity contribution < 1.29 is 4.39 Å². The van der Waals surface area contributed by atoms with E-state index in [-0.39, 0.29) is 11.9 Å². The number of rotatable bonds is 2. The highest BCUT2D eigenvalue weighted by atomic mass is 19.1. The van der Waals surface area contributed by atoms with Gasteiger partial charge in [-0.2, -0.15) is 0 Å². The van der Waals surface area contributed by atoms with Gasteiger partial charge in [0, 0.05) is 19.3 Å². The van der Waals surface area contributed by atoms with Crippen molar-refractivity contribution in [3.63, 3.8) is 0 Å². The predicted octanol–water partition coefficient (Wildman–Crippen LogP) is 1.53. The molecule has 2 aromatic rings. The third-order valence-corrected chi connectivity index (χ3v) is 3.24. The Bertz CT molecular complexity index is 565. The van der Waals surface area contributed by atoms with Crippen LogP contribution in [0.15, 0.2) is 18.5 Å². The molecular weight excluding hydrogens is 233 g/mol. The van der Waals surface area contributed by atoms with Gasteiger partial charge in [-0.1, -0.05) is 6.92 Å². The second-order valence-electron chi connectivity index (χ2n) is 4.30. The molecule has 0 amide bonds. The zero-order valence-electron chi connectivity index (χ0n) is 10.1. The van der Waals surface area contributed by atoms with E-state index in [1.165, 1.54) is 6.20 Å². The van der Waals surface area contributed by atoms with E-state index in [9.17, 15) is 4.39 Å². The molecule has 1 atom stereocenters. The van der Waals surface area contributed by atoms with Crippen molar-refractivity contribution in [3.05, 3.63) is 30.1 Å². The lowest BCUT2D eigenvalue weighted by molar-refractivity contribution is 0.407. The molecule has 2 aromatic heterocycles. The van der Waals surface area contributed by atoms with E-state index in [1.807, 2.05) is 4.57 Å². The molecule has 3 rings (SSSR count). The monoisotopic (exact) mass is 247 g/mol. The highest BCUT2D eigenvalue weighted by Gasteiger charge is 2.24. The quantitative estimate of drug-likeness (QED) is 0.874. The largest absolute Gasteiger partial charge is 0.308 e. The summed E-state index contributed by atoms with van der Waals surface area (Å²) in [5.74, 6) is 1.11. The van der Waals surface area contributed by atoms with Crippen LogP contribution < -0.4 is 5.32 Å². The molecule has 0 fully saturated rings. The summed E-state index contributed by atoms with van der Waals surface area (Å²) in [5.41, 5.74) is 0.459. The van der Waals surface area contributed by atoms with Crippen LogP contribution in [0, 0.1) is 5.82 Å². The average molecular weight is 247 g/mol. The molecule has 18 heavy (non-hydrogen) atoms. The van der Waals surface area contributed by atoms with Crippen molar-refractivity contribution in [2.75, 3.05) is 6.54 Å². The summed E-state index contributed by atoms with van der Waals surface area (Å²) in [6.45, 7) is 3.70. The molecule has 1 unspecified atom stereocenters. The molecule has 0 spiro atoms. The van der Waals surface area contributed by atoms with Gasteiger partial charge in [0.2, 0.25) is 0 Å². The van der Waals surface area contributed by atoms with Gasteiger partial charge in [0.15, 0.2) is 17.5 Å². The summed E-state index contributed by atoms with van der Waals surface area (Å²) in [6.07, 6.45) is 3.71. The van der Waals surface area contributed by atoms with E-state index in [0.717, 1.165) is 25.3 Å². The Morgan fingerprint density at radius 3 is 3.17 bits per heavy atom. The molecule has 0 bridgehead atoms. The highest BCUT2D eigenvalue weighted by molar-refractivity contribution is 5.55. The number of hydrogen-bond donors (Lipinski definition) is 1. The van der Waals surface area contributed by atoms with Crippen molar-refractivity contribution in [2.24, 2.45) is 0 Å².